The van der Waals surface area contributed by atoms with E-state index in [-0.39, 0.29) is 6.71 Å². The monoisotopic (exact) mass is 1050 g/mol. The fraction of sp³-hybridized carbons (Fsp3) is 0.280. The van der Waals surface area contributed by atoms with Crippen molar-refractivity contribution in [2.45, 2.75) is 138 Å². The third kappa shape index (κ3) is 5.87. The molecule has 80 heavy (non-hydrogen) atoms. The van der Waals surface area contributed by atoms with E-state index in [2.05, 4.69) is 250 Å². The van der Waals surface area contributed by atoms with Crippen LogP contribution in [-0.2, 0) is 0 Å². The first kappa shape index (κ1) is 48.6. The van der Waals surface area contributed by atoms with E-state index in [0.717, 1.165) is 0 Å². The van der Waals surface area contributed by atoms with E-state index in [9.17, 15) is 0 Å². The quantitative estimate of drug-likeness (QED) is 0.135. The maximum absolute atomic E-state index is 3.10. The molecule has 0 N–H and O–H groups in total. The highest BCUT2D eigenvalue weighted by Gasteiger charge is 2.56. The Morgan fingerprint density at radius 3 is 1.41 bits per heavy atom. The van der Waals surface area contributed by atoms with Crippen LogP contribution in [0.2, 0.25) is 0 Å². The number of rotatable bonds is 8. The smallest absolute Gasteiger partial charge is 0.252 e. The number of nitrogens with zero attached hydrogens (tertiary/aromatic N) is 3. The minimum atomic E-state index is -3.10. The van der Waals surface area contributed by atoms with Gasteiger partial charge in [0.15, 0.2) is 8.07 Å². The van der Waals surface area contributed by atoms with Crippen molar-refractivity contribution in [3.05, 3.63) is 178 Å². The topological polar surface area (TPSA) is 14.8 Å². The standard InChI is InChI=1S/C75H72BN3Si/c1-38(2)45-23-25-50-51-26-24-46(39(3)4)35-66(51)80(65(50)34-45)64-28-27-62-70-75(64)79-72-56(57-32-49(42(9)10)36-67(80)73(57)79)31-48(41(7)8)33-58(72)76(70)59-37-63-68(69-53-20-16-18-22-61(53)77(62)74(59)69)52-19-15-17-21-60(52)78(63)71-54(43(11)12)29-47(40(5)6)30-55(71)44(13)14/h15-44H,1-14H3. The van der Waals surface area contributed by atoms with Crippen LogP contribution in [0.3, 0.4) is 0 Å². The largest absolute Gasteiger partial charge is 0.310 e. The van der Waals surface area contributed by atoms with Crippen LogP contribution in [0, 0.1) is 0 Å². The number of benzene rings is 9. The molecule has 0 saturated carbocycles. The number of para-hydroxylation sites is 2. The Hall–Kier alpha value is -7.34. The lowest BCUT2D eigenvalue weighted by atomic mass is 9.34. The second-order valence-electron chi connectivity index (χ2n) is 26.9. The van der Waals surface area contributed by atoms with Gasteiger partial charge in [0.05, 0.1) is 33.3 Å². The maximum Gasteiger partial charge on any atom is 0.252 e. The van der Waals surface area contributed by atoms with Gasteiger partial charge in [0.25, 0.3) is 6.71 Å². The Kier molecular flexibility index (Phi) is 9.96. The number of aromatic nitrogens is 3. The van der Waals surface area contributed by atoms with Crippen LogP contribution in [-0.4, -0.2) is 28.5 Å². The van der Waals surface area contributed by atoms with Gasteiger partial charge in [-0.25, -0.2) is 0 Å². The van der Waals surface area contributed by atoms with Gasteiger partial charge in [-0.1, -0.05) is 200 Å². The van der Waals surface area contributed by atoms with Gasteiger partial charge >= 0.3 is 0 Å². The van der Waals surface area contributed by atoms with Crippen molar-refractivity contribution in [3.8, 4) is 28.2 Å². The minimum Gasteiger partial charge on any atom is -0.310 e. The molecule has 5 heteroatoms. The molecular formula is C75H72BN3Si. The van der Waals surface area contributed by atoms with E-state index in [1.54, 1.807) is 20.7 Å². The normalized spacial score (nSPS) is 14.5. The van der Waals surface area contributed by atoms with Crippen molar-refractivity contribution < 1.29 is 0 Å². The van der Waals surface area contributed by atoms with Gasteiger partial charge in [0.2, 0.25) is 0 Å². The lowest BCUT2D eigenvalue weighted by Crippen LogP contribution is -2.77. The Bertz CT molecular complexity index is 4690. The molecule has 4 aliphatic rings. The van der Waals surface area contributed by atoms with Crippen LogP contribution in [0.1, 0.15) is 177 Å². The van der Waals surface area contributed by atoms with Crippen molar-refractivity contribution in [1.82, 2.24) is 13.7 Å². The predicted octanol–water partition coefficient (Wildman–Crippen LogP) is 15.7. The molecule has 16 rings (SSSR count). The predicted molar refractivity (Wildman–Crippen MR) is 349 cm³/mol. The van der Waals surface area contributed by atoms with Gasteiger partial charge < -0.3 is 13.7 Å². The van der Waals surface area contributed by atoms with Crippen molar-refractivity contribution in [1.29, 1.82) is 0 Å². The molecule has 3 nitrogen and oxygen atoms in total. The molecule has 394 valence electrons. The molecule has 9 aromatic carbocycles. The van der Waals surface area contributed by atoms with Gasteiger partial charge in [-0.3, -0.25) is 0 Å². The molecular weight excluding hydrogens is 982 g/mol. The Balaban J connectivity index is 1.15. The lowest BCUT2D eigenvalue weighted by molar-refractivity contribution is 0.791. The fourth-order valence-electron chi connectivity index (χ4n) is 16.2. The van der Waals surface area contributed by atoms with E-state index in [1.807, 2.05) is 0 Å². The number of hydrogen-bond acceptors (Lipinski definition) is 0. The first-order valence-corrected chi connectivity index (χ1v) is 32.3. The molecule has 3 aromatic heterocycles. The van der Waals surface area contributed by atoms with Crippen LogP contribution in [0.4, 0.5) is 0 Å². The van der Waals surface area contributed by atoms with Crippen molar-refractivity contribution in [3.63, 3.8) is 0 Å². The summed E-state index contributed by atoms with van der Waals surface area (Å²) in [6.07, 6.45) is 0. The average molecular weight is 1050 g/mol. The molecule has 12 aromatic rings. The average Bonchev–Trinajstić information content (AvgIpc) is 1.77. The summed E-state index contributed by atoms with van der Waals surface area (Å²) in [4.78, 5) is 0. The molecule has 0 bridgehead atoms. The highest BCUT2D eigenvalue weighted by Crippen LogP contribution is 2.49. The highest BCUT2D eigenvalue weighted by molar-refractivity contribution is 7.24. The van der Waals surface area contributed by atoms with E-state index in [1.165, 1.54) is 149 Å². The minimum absolute atomic E-state index is 0.0212. The summed E-state index contributed by atoms with van der Waals surface area (Å²) >= 11 is 0. The molecule has 0 radical (unpaired) electrons. The van der Waals surface area contributed by atoms with E-state index in [0.29, 0.717) is 41.4 Å². The molecule has 0 unspecified atom stereocenters. The third-order valence-electron chi connectivity index (χ3n) is 20.2. The zero-order chi connectivity index (χ0) is 55.0. The first-order valence-electron chi connectivity index (χ1n) is 30.3. The van der Waals surface area contributed by atoms with Crippen LogP contribution in [0.5, 0.6) is 0 Å². The molecule has 0 aliphatic carbocycles. The Labute approximate surface area is 473 Å². The summed E-state index contributed by atoms with van der Waals surface area (Å²) in [5.41, 5.74) is 29.4. The molecule has 1 spiro atoms. The molecule has 0 fully saturated rings. The van der Waals surface area contributed by atoms with E-state index < -0.39 is 8.07 Å². The Morgan fingerprint density at radius 2 is 0.838 bits per heavy atom. The van der Waals surface area contributed by atoms with Crippen molar-refractivity contribution in [2.75, 3.05) is 0 Å². The zero-order valence-electron chi connectivity index (χ0n) is 49.2. The summed E-state index contributed by atoms with van der Waals surface area (Å²) in [6, 6.07) is 57.8. The van der Waals surface area contributed by atoms with Crippen LogP contribution >= 0.6 is 0 Å². The molecule has 7 heterocycles. The fourth-order valence-corrected chi connectivity index (χ4v) is 21.8. The first-order chi connectivity index (χ1) is 38.5. The molecule has 4 aliphatic heterocycles. The van der Waals surface area contributed by atoms with Crippen molar-refractivity contribution >= 4 is 117 Å². The SMILES string of the molecule is CC(C)c1cc(C(C)C)c(-n2c3ccccc3c3c4c5ccccc5n5c4c(cc32)B2c3c-5ccc4c3-n3c5c2cc(C(C)C)cc5c2cc(C(C)C)cc(c23)[Si]42c3cc(C(C)C)ccc3-c3ccc(C(C)C)cc32)c(C(C)C)c1. The van der Waals surface area contributed by atoms with Crippen molar-refractivity contribution in [2.24, 2.45) is 0 Å². The summed E-state index contributed by atoms with van der Waals surface area (Å²) in [7, 11) is -3.10. The van der Waals surface area contributed by atoms with Crippen LogP contribution in [0.15, 0.2) is 140 Å². The summed E-state index contributed by atoms with van der Waals surface area (Å²) in [5, 5.41) is 14.5. The molecule has 0 amide bonds. The second kappa shape index (κ2) is 16.4. The van der Waals surface area contributed by atoms with E-state index >= 15 is 0 Å². The highest BCUT2D eigenvalue weighted by atomic mass is 28.3. The number of hydrogen-bond donors (Lipinski definition) is 0. The number of fused-ring (bicyclic) bond motifs is 18. The van der Waals surface area contributed by atoms with Crippen LogP contribution in [0.25, 0.3) is 93.6 Å². The Morgan fingerprint density at radius 1 is 0.338 bits per heavy atom. The van der Waals surface area contributed by atoms with Gasteiger partial charge in [-0.15, -0.1) is 0 Å². The van der Waals surface area contributed by atoms with Gasteiger partial charge in [-0.2, -0.15) is 0 Å². The molecule has 0 saturated heterocycles. The zero-order valence-corrected chi connectivity index (χ0v) is 50.2. The molecule has 0 atom stereocenters. The van der Waals surface area contributed by atoms with Crippen LogP contribution < -0.4 is 37.1 Å². The van der Waals surface area contributed by atoms with Gasteiger partial charge in [0.1, 0.15) is 0 Å². The summed E-state index contributed by atoms with van der Waals surface area (Å²) in [6.45, 7) is 33.5. The second-order valence-corrected chi connectivity index (χ2v) is 30.6. The summed E-state index contributed by atoms with van der Waals surface area (Å²) < 4.78 is 8.33. The van der Waals surface area contributed by atoms with E-state index in [4.69, 9.17) is 0 Å². The maximum atomic E-state index is 2.85. The lowest BCUT2D eigenvalue weighted by Gasteiger charge is -2.43. The summed E-state index contributed by atoms with van der Waals surface area (Å²) in [5.74, 6) is 2.57. The third-order valence-corrected chi connectivity index (χ3v) is 25.0. The van der Waals surface area contributed by atoms with Gasteiger partial charge in [0, 0.05) is 49.2 Å². The van der Waals surface area contributed by atoms with Gasteiger partial charge in [-0.05, 0) is 165 Å².